The first-order valence-corrected chi connectivity index (χ1v) is 10.7. The molecule has 2 rings (SSSR count). The van der Waals surface area contributed by atoms with Crippen molar-refractivity contribution in [3.63, 3.8) is 0 Å². The van der Waals surface area contributed by atoms with Crippen LogP contribution in [0.4, 0.5) is 0 Å². The molecule has 0 fully saturated rings. The normalized spacial score (nSPS) is 11.4. The van der Waals surface area contributed by atoms with E-state index in [1.165, 1.54) is 7.16 Å². The molecule has 0 saturated carbocycles. The fourth-order valence-corrected chi connectivity index (χ4v) is 9.76. The summed E-state index contributed by atoms with van der Waals surface area (Å²) in [5.41, 5.74) is 0. The van der Waals surface area contributed by atoms with E-state index in [9.17, 15) is 0 Å². The third kappa shape index (κ3) is 2.39. The Hall–Kier alpha value is -0.841. The van der Waals surface area contributed by atoms with E-state index in [2.05, 4.69) is 24.3 Å². The molecular formula is C14H16O2Sn. The van der Waals surface area contributed by atoms with Crippen molar-refractivity contribution in [2.75, 3.05) is 14.2 Å². The molecule has 0 aromatic heterocycles. The Balaban J connectivity index is 2.54. The van der Waals surface area contributed by atoms with E-state index in [0.29, 0.717) is 0 Å². The zero-order valence-corrected chi connectivity index (χ0v) is 12.9. The van der Waals surface area contributed by atoms with E-state index < -0.39 is 19.2 Å². The van der Waals surface area contributed by atoms with Crippen molar-refractivity contribution in [2.45, 2.75) is 0 Å². The quantitative estimate of drug-likeness (QED) is 0.790. The topological polar surface area (TPSA) is 18.5 Å². The number of benzene rings is 2. The average molecular weight is 335 g/mol. The Morgan fingerprint density at radius 2 is 1.00 bits per heavy atom. The van der Waals surface area contributed by atoms with Gasteiger partial charge in [0.25, 0.3) is 0 Å². The van der Waals surface area contributed by atoms with Gasteiger partial charge >= 0.3 is 107 Å². The predicted molar refractivity (Wildman–Crippen MR) is 71.9 cm³/mol. The summed E-state index contributed by atoms with van der Waals surface area (Å²) in [5.74, 6) is 0. The van der Waals surface area contributed by atoms with Crippen LogP contribution in [0.3, 0.4) is 0 Å². The van der Waals surface area contributed by atoms with Crippen LogP contribution >= 0.6 is 0 Å². The number of rotatable bonds is 4. The molecule has 0 aliphatic carbocycles. The summed E-state index contributed by atoms with van der Waals surface area (Å²) in [6.07, 6.45) is 0. The molecule has 2 aromatic carbocycles. The van der Waals surface area contributed by atoms with Gasteiger partial charge in [-0.15, -0.1) is 0 Å². The van der Waals surface area contributed by atoms with Gasteiger partial charge in [0.05, 0.1) is 0 Å². The van der Waals surface area contributed by atoms with E-state index in [1.807, 2.05) is 36.4 Å². The molecule has 0 aliphatic rings. The Bertz CT molecular complexity index is 411. The molecule has 0 radical (unpaired) electrons. The zero-order chi connectivity index (χ0) is 12.1. The Kier molecular flexibility index (Phi) is 4.20. The molecule has 0 amide bonds. The summed E-state index contributed by atoms with van der Waals surface area (Å²) in [6, 6.07) is 20.5. The fourth-order valence-electron chi connectivity index (χ4n) is 2.04. The average Bonchev–Trinajstić information content (AvgIpc) is 2.43. The minimum absolute atomic E-state index is 1.19. The molecule has 0 unspecified atom stereocenters. The van der Waals surface area contributed by atoms with Crippen molar-refractivity contribution in [1.29, 1.82) is 0 Å². The first kappa shape index (κ1) is 12.6. The van der Waals surface area contributed by atoms with Gasteiger partial charge in [0.2, 0.25) is 0 Å². The molecule has 2 aromatic rings. The minimum atomic E-state index is -3.35. The van der Waals surface area contributed by atoms with E-state index in [4.69, 9.17) is 6.15 Å². The molecule has 0 aliphatic heterocycles. The molecule has 3 heteroatoms. The second kappa shape index (κ2) is 5.67. The monoisotopic (exact) mass is 336 g/mol. The first-order valence-electron chi connectivity index (χ1n) is 5.55. The molecule has 17 heavy (non-hydrogen) atoms. The van der Waals surface area contributed by atoms with E-state index in [0.717, 1.165) is 0 Å². The molecule has 0 heterocycles. The SMILES string of the molecule is C[O][Sn]([O]C)([c]1ccccc1)[c]1ccccc1. The summed E-state index contributed by atoms with van der Waals surface area (Å²) in [5, 5.41) is 0. The van der Waals surface area contributed by atoms with Crippen LogP contribution in [0.1, 0.15) is 0 Å². The van der Waals surface area contributed by atoms with Crippen LogP contribution in [0.2, 0.25) is 0 Å². The first-order chi connectivity index (χ1) is 8.33. The second-order valence-electron chi connectivity index (χ2n) is 3.76. The zero-order valence-electron chi connectivity index (χ0n) is 10.1. The summed E-state index contributed by atoms with van der Waals surface area (Å²) in [6.45, 7) is 0. The molecule has 0 spiro atoms. The van der Waals surface area contributed by atoms with Crippen LogP contribution in [0.15, 0.2) is 60.7 Å². The summed E-state index contributed by atoms with van der Waals surface area (Å²) in [7, 11) is 3.50. The summed E-state index contributed by atoms with van der Waals surface area (Å²) < 4.78 is 14.1. The van der Waals surface area contributed by atoms with Crippen molar-refractivity contribution in [1.82, 2.24) is 0 Å². The van der Waals surface area contributed by atoms with Gasteiger partial charge in [-0.2, -0.15) is 0 Å². The van der Waals surface area contributed by atoms with Crippen LogP contribution in [0.25, 0.3) is 0 Å². The van der Waals surface area contributed by atoms with Crippen LogP contribution in [-0.4, -0.2) is 33.4 Å². The van der Waals surface area contributed by atoms with Gasteiger partial charge in [-0.05, 0) is 0 Å². The van der Waals surface area contributed by atoms with Gasteiger partial charge < -0.3 is 0 Å². The molecule has 0 atom stereocenters. The van der Waals surface area contributed by atoms with E-state index >= 15 is 0 Å². The molecule has 0 bridgehead atoms. The van der Waals surface area contributed by atoms with Crippen molar-refractivity contribution >= 4 is 26.4 Å². The van der Waals surface area contributed by atoms with Gasteiger partial charge in [0.1, 0.15) is 0 Å². The third-order valence-corrected chi connectivity index (χ3v) is 12.4. The van der Waals surface area contributed by atoms with Crippen LogP contribution in [0, 0.1) is 0 Å². The van der Waals surface area contributed by atoms with Crippen molar-refractivity contribution in [2.24, 2.45) is 0 Å². The van der Waals surface area contributed by atoms with Crippen LogP contribution in [0.5, 0.6) is 0 Å². The standard InChI is InChI=1S/2C6H5.2CH3O.Sn/c2*1-2-4-6-5-3-1;2*1-2;/h2*1-5H;2*1H3;/q;;2*-1;+2. The van der Waals surface area contributed by atoms with Gasteiger partial charge in [0, 0.05) is 0 Å². The van der Waals surface area contributed by atoms with Gasteiger partial charge in [-0.3, -0.25) is 0 Å². The van der Waals surface area contributed by atoms with Gasteiger partial charge in [-0.25, -0.2) is 0 Å². The second-order valence-corrected chi connectivity index (χ2v) is 12.9. The number of hydrogen-bond donors (Lipinski definition) is 0. The van der Waals surface area contributed by atoms with E-state index in [-0.39, 0.29) is 0 Å². The maximum absolute atomic E-state index is 5.85. The molecule has 88 valence electrons. The Morgan fingerprint density at radius 1 is 0.647 bits per heavy atom. The third-order valence-electron chi connectivity index (χ3n) is 2.88. The van der Waals surface area contributed by atoms with Crippen molar-refractivity contribution in [3.8, 4) is 0 Å². The Morgan fingerprint density at radius 3 is 1.29 bits per heavy atom. The molecule has 2 nitrogen and oxygen atoms in total. The van der Waals surface area contributed by atoms with Crippen molar-refractivity contribution in [3.05, 3.63) is 60.7 Å². The predicted octanol–water partition coefficient (Wildman–Crippen LogP) is 1.54. The Labute approximate surface area is 107 Å². The maximum atomic E-state index is 5.85. The number of hydrogen-bond acceptors (Lipinski definition) is 2. The van der Waals surface area contributed by atoms with Gasteiger partial charge in [-0.1, -0.05) is 0 Å². The van der Waals surface area contributed by atoms with Crippen molar-refractivity contribution < 1.29 is 6.15 Å². The van der Waals surface area contributed by atoms with E-state index in [1.54, 1.807) is 14.2 Å². The van der Waals surface area contributed by atoms with Crippen LogP contribution in [-0.2, 0) is 6.15 Å². The molecular weight excluding hydrogens is 319 g/mol. The summed E-state index contributed by atoms with van der Waals surface area (Å²) in [4.78, 5) is 0. The molecule has 0 N–H and O–H groups in total. The van der Waals surface area contributed by atoms with Gasteiger partial charge in [0.15, 0.2) is 0 Å². The molecule has 0 saturated heterocycles. The van der Waals surface area contributed by atoms with Crippen LogP contribution < -0.4 is 7.16 Å². The summed E-state index contributed by atoms with van der Waals surface area (Å²) >= 11 is -3.35. The fraction of sp³-hybridized carbons (Fsp3) is 0.143.